The number of sulfonamides is 1. The lowest BCUT2D eigenvalue weighted by Crippen LogP contribution is -2.14. The Bertz CT molecular complexity index is 788. The first-order valence-electron chi connectivity index (χ1n) is 5.61. The van der Waals surface area contributed by atoms with E-state index in [4.69, 9.17) is 5.11 Å². The van der Waals surface area contributed by atoms with Crippen molar-refractivity contribution in [2.45, 2.75) is 4.90 Å². The summed E-state index contributed by atoms with van der Waals surface area (Å²) >= 11 is 0. The highest BCUT2D eigenvalue weighted by Crippen LogP contribution is 2.19. The van der Waals surface area contributed by atoms with E-state index in [-0.39, 0.29) is 5.69 Å². The summed E-state index contributed by atoms with van der Waals surface area (Å²) in [6.07, 6.45) is 0. The molecule has 0 fully saturated rings. The summed E-state index contributed by atoms with van der Waals surface area (Å²) in [6.45, 7) is 0. The van der Waals surface area contributed by atoms with Gasteiger partial charge in [0.2, 0.25) is 0 Å². The highest BCUT2D eigenvalue weighted by molar-refractivity contribution is 7.92. The Morgan fingerprint density at radius 3 is 2.24 bits per heavy atom. The van der Waals surface area contributed by atoms with Gasteiger partial charge in [0.1, 0.15) is 11.6 Å². The molecule has 2 N–H and O–H groups in total. The lowest BCUT2D eigenvalue weighted by molar-refractivity contribution is 0.0691. The third kappa shape index (κ3) is 3.34. The maximum absolute atomic E-state index is 13.2. The summed E-state index contributed by atoms with van der Waals surface area (Å²) in [5, 5.41) is 8.78. The first kappa shape index (κ1) is 14.9. The molecule has 0 radical (unpaired) electrons. The van der Waals surface area contributed by atoms with Gasteiger partial charge in [-0.1, -0.05) is 0 Å². The first-order valence-corrected chi connectivity index (χ1v) is 7.09. The highest BCUT2D eigenvalue weighted by atomic mass is 32.2. The molecule has 2 aromatic carbocycles. The van der Waals surface area contributed by atoms with Gasteiger partial charge in [-0.3, -0.25) is 4.72 Å². The predicted molar refractivity (Wildman–Crippen MR) is 70.6 cm³/mol. The smallest absolute Gasteiger partial charge is 0.338 e. The largest absolute Gasteiger partial charge is 0.478 e. The van der Waals surface area contributed by atoms with Crippen molar-refractivity contribution in [3.63, 3.8) is 0 Å². The van der Waals surface area contributed by atoms with Gasteiger partial charge < -0.3 is 5.11 Å². The van der Waals surface area contributed by atoms with Crippen LogP contribution in [0.3, 0.4) is 0 Å². The van der Waals surface area contributed by atoms with E-state index in [0.29, 0.717) is 6.07 Å². The molecule has 2 rings (SSSR count). The molecule has 110 valence electrons. The zero-order valence-electron chi connectivity index (χ0n) is 10.4. The molecule has 0 aliphatic carbocycles. The van der Waals surface area contributed by atoms with Gasteiger partial charge in [0.05, 0.1) is 10.5 Å². The molecule has 0 aliphatic rings. The van der Waals surface area contributed by atoms with E-state index in [1.54, 1.807) is 0 Å². The van der Waals surface area contributed by atoms with Crippen LogP contribution in [0.5, 0.6) is 0 Å². The fraction of sp³-hybridized carbons (Fsp3) is 0. The number of carboxylic acids is 1. The van der Waals surface area contributed by atoms with Crippen molar-refractivity contribution < 1.29 is 27.1 Å². The molecule has 0 saturated carbocycles. The molecule has 0 atom stereocenters. The first-order chi connectivity index (χ1) is 9.79. The second-order valence-corrected chi connectivity index (χ2v) is 5.74. The van der Waals surface area contributed by atoms with Crippen LogP contribution in [0.4, 0.5) is 14.5 Å². The van der Waals surface area contributed by atoms with Crippen molar-refractivity contribution in [1.82, 2.24) is 0 Å². The molecule has 0 bridgehead atoms. The molecule has 5 nitrogen and oxygen atoms in total. The molecule has 0 spiro atoms. The number of carboxylic acid groups (broad SMARTS) is 1. The average Bonchev–Trinajstić information content (AvgIpc) is 2.41. The predicted octanol–water partition coefficient (Wildman–Crippen LogP) is 2.46. The third-order valence-electron chi connectivity index (χ3n) is 2.57. The topological polar surface area (TPSA) is 83.5 Å². The van der Waals surface area contributed by atoms with Gasteiger partial charge in [0.25, 0.3) is 10.0 Å². The van der Waals surface area contributed by atoms with Crippen molar-refractivity contribution in [1.29, 1.82) is 0 Å². The fourth-order valence-electron chi connectivity index (χ4n) is 1.57. The molecule has 0 amide bonds. The van der Waals surface area contributed by atoms with E-state index in [1.165, 1.54) is 12.1 Å². The number of halogens is 2. The average molecular weight is 313 g/mol. The van der Waals surface area contributed by atoms with E-state index in [9.17, 15) is 22.0 Å². The van der Waals surface area contributed by atoms with Crippen molar-refractivity contribution in [3.05, 3.63) is 59.7 Å². The monoisotopic (exact) mass is 313 g/mol. The van der Waals surface area contributed by atoms with Crippen LogP contribution in [0, 0.1) is 11.6 Å². The van der Waals surface area contributed by atoms with E-state index in [1.807, 2.05) is 0 Å². The fourth-order valence-corrected chi connectivity index (χ4v) is 2.65. The van der Waals surface area contributed by atoms with Crippen LogP contribution in [0.1, 0.15) is 10.4 Å². The molecule has 0 aliphatic heterocycles. The Labute approximate surface area is 118 Å². The highest BCUT2D eigenvalue weighted by Gasteiger charge is 2.19. The van der Waals surface area contributed by atoms with Crippen LogP contribution in [-0.2, 0) is 10.0 Å². The van der Waals surface area contributed by atoms with E-state index < -0.39 is 38.1 Å². The number of aromatic carboxylic acids is 1. The minimum Gasteiger partial charge on any atom is -0.478 e. The number of nitrogens with one attached hydrogen (secondary N) is 1. The number of rotatable bonds is 4. The van der Waals surface area contributed by atoms with Crippen molar-refractivity contribution in [2.24, 2.45) is 0 Å². The minimum absolute atomic E-state index is 0.0950. The van der Waals surface area contributed by atoms with Crippen molar-refractivity contribution in [2.75, 3.05) is 4.72 Å². The van der Waals surface area contributed by atoms with Crippen LogP contribution < -0.4 is 4.72 Å². The van der Waals surface area contributed by atoms with E-state index >= 15 is 0 Å². The minimum atomic E-state index is -4.10. The maximum Gasteiger partial charge on any atom is 0.338 e. The standard InChI is InChI=1S/C13H9F2NO4S/c14-8-1-3-9(4-2-8)16-21(19,20)10-5-6-12(15)11(7-10)13(17)18/h1-7,16H,(H,17,18). The summed E-state index contributed by atoms with van der Waals surface area (Å²) < 4.78 is 52.2. The van der Waals surface area contributed by atoms with Crippen molar-refractivity contribution in [3.8, 4) is 0 Å². The van der Waals surface area contributed by atoms with Crippen LogP contribution >= 0.6 is 0 Å². The second-order valence-electron chi connectivity index (χ2n) is 4.06. The quantitative estimate of drug-likeness (QED) is 0.908. The van der Waals surface area contributed by atoms with Crippen LogP contribution in [0.15, 0.2) is 47.4 Å². The summed E-state index contributed by atoms with van der Waals surface area (Å²) in [7, 11) is -4.10. The lowest BCUT2D eigenvalue weighted by Gasteiger charge is -2.09. The van der Waals surface area contributed by atoms with Crippen LogP contribution in [-0.4, -0.2) is 19.5 Å². The molecule has 0 unspecified atom stereocenters. The molecule has 21 heavy (non-hydrogen) atoms. The number of hydrogen-bond donors (Lipinski definition) is 2. The summed E-state index contributed by atoms with van der Waals surface area (Å²) in [4.78, 5) is 10.4. The zero-order chi connectivity index (χ0) is 15.6. The van der Waals surface area contributed by atoms with Gasteiger partial charge in [-0.2, -0.15) is 0 Å². The molecule has 0 saturated heterocycles. The molecule has 2 aromatic rings. The summed E-state index contributed by atoms with van der Waals surface area (Å²) in [6, 6.07) is 6.93. The normalized spacial score (nSPS) is 11.1. The Hall–Kier alpha value is -2.48. The van der Waals surface area contributed by atoms with E-state index in [0.717, 1.165) is 24.3 Å². The third-order valence-corrected chi connectivity index (χ3v) is 3.95. The zero-order valence-corrected chi connectivity index (χ0v) is 11.2. The second kappa shape index (κ2) is 5.49. The summed E-state index contributed by atoms with van der Waals surface area (Å²) in [5.41, 5.74) is -0.658. The van der Waals surface area contributed by atoms with Gasteiger partial charge >= 0.3 is 5.97 Å². The molecule has 0 aromatic heterocycles. The van der Waals surface area contributed by atoms with Crippen molar-refractivity contribution >= 4 is 21.7 Å². The van der Waals surface area contributed by atoms with E-state index in [2.05, 4.69) is 4.72 Å². The van der Waals surface area contributed by atoms with Gasteiger partial charge in [-0.15, -0.1) is 0 Å². The molecule has 0 heterocycles. The Morgan fingerprint density at radius 2 is 1.67 bits per heavy atom. The lowest BCUT2D eigenvalue weighted by atomic mass is 10.2. The molecule has 8 heteroatoms. The molecular weight excluding hydrogens is 304 g/mol. The van der Waals surface area contributed by atoms with Crippen LogP contribution in [0.25, 0.3) is 0 Å². The van der Waals surface area contributed by atoms with Gasteiger partial charge in [0, 0.05) is 5.69 Å². The van der Waals surface area contributed by atoms with Gasteiger partial charge in [0.15, 0.2) is 0 Å². The number of anilines is 1. The molecular formula is C13H9F2NO4S. The Balaban J connectivity index is 2.38. The summed E-state index contributed by atoms with van der Waals surface area (Å²) in [5.74, 6) is -3.15. The number of benzene rings is 2. The van der Waals surface area contributed by atoms with Crippen LogP contribution in [0.2, 0.25) is 0 Å². The number of carbonyl (C=O) groups is 1. The van der Waals surface area contributed by atoms with Gasteiger partial charge in [-0.05, 0) is 42.5 Å². The Morgan fingerprint density at radius 1 is 1.05 bits per heavy atom. The maximum atomic E-state index is 13.2. The van der Waals surface area contributed by atoms with Gasteiger partial charge in [-0.25, -0.2) is 22.0 Å². The SMILES string of the molecule is O=C(O)c1cc(S(=O)(=O)Nc2ccc(F)cc2)ccc1F. The Kier molecular flexibility index (Phi) is 3.90. The number of hydrogen-bond acceptors (Lipinski definition) is 3.